The summed E-state index contributed by atoms with van der Waals surface area (Å²) in [6.07, 6.45) is 3.72. The van der Waals surface area contributed by atoms with Crippen molar-refractivity contribution in [2.45, 2.75) is 20.8 Å². The van der Waals surface area contributed by atoms with Gasteiger partial charge in [0.2, 0.25) is 0 Å². The van der Waals surface area contributed by atoms with E-state index in [9.17, 15) is 9.59 Å². The maximum atomic E-state index is 13.2. The quantitative estimate of drug-likeness (QED) is 0.206. The predicted octanol–water partition coefficient (Wildman–Crippen LogP) is 7.02. The minimum absolute atomic E-state index is 0.238. The first-order valence-electron chi connectivity index (χ1n) is 13.2. The molecule has 0 amide bonds. The number of rotatable bonds is 5. The molecule has 0 unspecified atom stereocenters. The lowest BCUT2D eigenvalue weighted by molar-refractivity contribution is 0.0519. The van der Waals surface area contributed by atoms with Crippen LogP contribution in [-0.2, 0) is 9.47 Å². The van der Waals surface area contributed by atoms with Gasteiger partial charge in [-0.15, -0.1) is 0 Å². The van der Waals surface area contributed by atoms with Gasteiger partial charge < -0.3 is 24.4 Å². The van der Waals surface area contributed by atoms with Gasteiger partial charge in [0, 0.05) is 11.1 Å². The van der Waals surface area contributed by atoms with E-state index in [-0.39, 0.29) is 13.2 Å². The number of ether oxygens (including phenoxy) is 2. The number of benzene rings is 1. The highest BCUT2D eigenvalue weighted by Gasteiger charge is 2.20. The van der Waals surface area contributed by atoms with Crippen LogP contribution in [0.1, 0.15) is 51.5 Å². The molecule has 5 heterocycles. The van der Waals surface area contributed by atoms with Crippen LogP contribution in [0.25, 0.3) is 56.4 Å². The maximum absolute atomic E-state index is 13.2. The number of esters is 2. The summed E-state index contributed by atoms with van der Waals surface area (Å²) in [5.74, 6) is -0.904. The summed E-state index contributed by atoms with van der Waals surface area (Å²) in [7, 11) is 0. The Hall–Kier alpha value is -5.11. The van der Waals surface area contributed by atoms with Gasteiger partial charge in [0.1, 0.15) is 11.1 Å². The molecule has 8 heteroatoms. The summed E-state index contributed by atoms with van der Waals surface area (Å²) in [5.41, 5.74) is 8.86. The second-order valence-electron chi connectivity index (χ2n) is 9.50. The fourth-order valence-corrected chi connectivity index (χ4v) is 5.01. The number of nitrogens with one attached hydrogen (secondary N) is 3. The lowest BCUT2D eigenvalue weighted by atomic mass is 10.0. The van der Waals surface area contributed by atoms with E-state index in [1.807, 2.05) is 79.7 Å². The van der Waals surface area contributed by atoms with Gasteiger partial charge in [0.25, 0.3) is 0 Å². The Kier molecular flexibility index (Phi) is 6.43. The normalized spacial score (nSPS) is 11.7. The van der Waals surface area contributed by atoms with Gasteiger partial charge in [0.15, 0.2) is 0 Å². The highest BCUT2D eigenvalue weighted by atomic mass is 16.5. The van der Waals surface area contributed by atoms with E-state index in [0.717, 1.165) is 33.2 Å². The number of carbonyl (C=O) groups is 2. The number of H-pyrrole nitrogens is 3. The van der Waals surface area contributed by atoms with Crippen LogP contribution < -0.4 is 0 Å². The Morgan fingerprint density at radius 2 is 1.10 bits per heavy atom. The molecule has 3 N–H and O–H groups in total. The smallest absolute Gasteiger partial charge is 0.342 e. The van der Waals surface area contributed by atoms with Crippen molar-refractivity contribution < 1.29 is 19.1 Å². The number of aromatic nitrogens is 4. The third-order valence-electron chi connectivity index (χ3n) is 6.88. The standard InChI is InChI=1S/C32H28N4O4/c1-4-39-31(37)29-24-12-10-20(33-24)21-11-13-25(34-21)30(32(38)40-5-2)27-17-15-23(36-27)28(22-14-16-26(29)35-22)19-8-6-18(3)7-9-19/h6-17,33-35H,4-5H2,1-3H3. The van der Waals surface area contributed by atoms with Crippen LogP contribution in [0.3, 0.4) is 0 Å². The van der Waals surface area contributed by atoms with Crippen LogP contribution in [-0.4, -0.2) is 45.1 Å². The van der Waals surface area contributed by atoms with Crippen LogP contribution in [0.5, 0.6) is 0 Å². The van der Waals surface area contributed by atoms with E-state index in [1.54, 1.807) is 13.8 Å². The Bertz CT molecular complexity index is 1920. The summed E-state index contributed by atoms with van der Waals surface area (Å²) >= 11 is 0. The van der Waals surface area contributed by atoms with E-state index in [2.05, 4.69) is 15.0 Å². The van der Waals surface area contributed by atoms with Gasteiger partial charge in [-0.2, -0.15) is 0 Å². The first-order valence-corrected chi connectivity index (χ1v) is 13.2. The second-order valence-corrected chi connectivity index (χ2v) is 9.50. The largest absolute Gasteiger partial charge is 0.462 e. The fraction of sp³-hybridized carbons (Fsp3) is 0.156. The van der Waals surface area contributed by atoms with Crippen LogP contribution in [0.15, 0.2) is 60.7 Å². The Balaban J connectivity index is 1.80. The molecule has 40 heavy (non-hydrogen) atoms. The van der Waals surface area contributed by atoms with E-state index < -0.39 is 11.9 Å². The molecule has 0 saturated carbocycles. The highest BCUT2D eigenvalue weighted by molar-refractivity contribution is 6.06. The van der Waals surface area contributed by atoms with Crippen LogP contribution >= 0.6 is 0 Å². The minimum Gasteiger partial charge on any atom is -0.462 e. The predicted molar refractivity (Wildman–Crippen MR) is 157 cm³/mol. The monoisotopic (exact) mass is 532 g/mol. The number of hydrogen-bond acceptors (Lipinski definition) is 5. The van der Waals surface area contributed by atoms with Gasteiger partial charge >= 0.3 is 11.9 Å². The highest BCUT2D eigenvalue weighted by Crippen LogP contribution is 2.32. The van der Waals surface area contributed by atoms with Gasteiger partial charge in [0.05, 0.1) is 52.2 Å². The van der Waals surface area contributed by atoms with Gasteiger partial charge in [-0.3, -0.25) is 0 Å². The molecular formula is C32H28N4O4. The fourth-order valence-electron chi connectivity index (χ4n) is 5.01. The van der Waals surface area contributed by atoms with Crippen molar-refractivity contribution in [3.63, 3.8) is 0 Å². The van der Waals surface area contributed by atoms with Gasteiger partial charge in [-0.1, -0.05) is 29.8 Å². The Labute approximate surface area is 230 Å². The molecule has 1 aromatic carbocycles. The topological polar surface area (TPSA) is 113 Å². The lowest BCUT2D eigenvalue weighted by Crippen LogP contribution is -2.07. The SMILES string of the molecule is CCOC(=O)c1c2nc(c(-c3ccc(C)cc3)c3ccc([nH]3)c(C(=O)OCC)c3ccc([nH]3)c3ccc1[nH]3)C=C2. The first-order chi connectivity index (χ1) is 19.5. The number of aromatic amines is 3. The number of carbonyl (C=O) groups excluding carboxylic acids is 2. The van der Waals surface area contributed by atoms with Crippen molar-refractivity contribution in [2.75, 3.05) is 13.2 Å². The van der Waals surface area contributed by atoms with Gasteiger partial charge in [-0.05, 0) is 74.9 Å². The van der Waals surface area contributed by atoms with Crippen molar-refractivity contribution in [3.8, 4) is 11.1 Å². The zero-order valence-electron chi connectivity index (χ0n) is 22.4. The molecule has 8 bridgehead atoms. The molecular weight excluding hydrogens is 504 g/mol. The molecule has 1 aliphatic heterocycles. The molecule has 6 rings (SSSR count). The summed E-state index contributed by atoms with van der Waals surface area (Å²) in [5, 5.41) is 0. The van der Waals surface area contributed by atoms with Crippen molar-refractivity contribution in [1.29, 1.82) is 0 Å². The van der Waals surface area contributed by atoms with Crippen molar-refractivity contribution in [1.82, 2.24) is 19.9 Å². The first kappa shape index (κ1) is 25.2. The van der Waals surface area contributed by atoms with E-state index >= 15 is 0 Å². The molecule has 200 valence electrons. The molecule has 0 spiro atoms. The Morgan fingerprint density at radius 1 is 0.625 bits per heavy atom. The van der Waals surface area contributed by atoms with Crippen LogP contribution in [0, 0.1) is 6.92 Å². The number of nitrogens with zero attached hydrogens (tertiary/aromatic N) is 1. The molecule has 0 fully saturated rings. The van der Waals surface area contributed by atoms with E-state index in [1.165, 1.54) is 0 Å². The second kappa shape index (κ2) is 10.2. The summed E-state index contributed by atoms with van der Waals surface area (Å²) < 4.78 is 10.9. The molecule has 8 nitrogen and oxygen atoms in total. The van der Waals surface area contributed by atoms with Crippen molar-refractivity contribution in [2.24, 2.45) is 0 Å². The number of hydrogen-bond donors (Lipinski definition) is 3. The lowest BCUT2D eigenvalue weighted by Gasteiger charge is -2.05. The molecule has 1 aliphatic rings. The van der Waals surface area contributed by atoms with E-state index in [0.29, 0.717) is 39.1 Å². The molecule has 5 aromatic rings. The third kappa shape index (κ3) is 4.43. The minimum atomic E-state index is -0.464. The van der Waals surface area contributed by atoms with Gasteiger partial charge in [-0.25, -0.2) is 14.6 Å². The summed E-state index contributed by atoms with van der Waals surface area (Å²) in [6, 6.07) is 19.4. The number of fused-ring (bicyclic) bond motifs is 9. The van der Waals surface area contributed by atoms with Crippen LogP contribution in [0.2, 0.25) is 0 Å². The molecule has 0 radical (unpaired) electrons. The average molecular weight is 533 g/mol. The average Bonchev–Trinajstić information content (AvgIpc) is 3.75. The molecule has 0 aliphatic carbocycles. The zero-order chi connectivity index (χ0) is 27.8. The maximum Gasteiger partial charge on any atom is 0.342 e. The van der Waals surface area contributed by atoms with E-state index in [4.69, 9.17) is 14.5 Å². The van der Waals surface area contributed by atoms with Crippen molar-refractivity contribution in [3.05, 3.63) is 88.7 Å². The summed E-state index contributed by atoms with van der Waals surface area (Å²) in [4.78, 5) is 41.5. The Morgan fingerprint density at radius 3 is 1.70 bits per heavy atom. The number of aryl methyl sites for hydroxylation is 1. The zero-order valence-corrected chi connectivity index (χ0v) is 22.4. The molecule has 4 aromatic heterocycles. The molecule has 0 atom stereocenters. The van der Waals surface area contributed by atoms with Crippen molar-refractivity contribution >= 4 is 57.2 Å². The molecule has 0 saturated heterocycles. The van der Waals surface area contributed by atoms with Crippen LogP contribution in [0.4, 0.5) is 0 Å². The third-order valence-corrected chi connectivity index (χ3v) is 6.88. The summed E-state index contributed by atoms with van der Waals surface area (Å²) in [6.45, 7) is 6.08.